The summed E-state index contributed by atoms with van der Waals surface area (Å²) in [4.78, 5) is 87.2. The summed E-state index contributed by atoms with van der Waals surface area (Å²) in [6.45, 7) is 8.38. The van der Waals surface area contributed by atoms with Gasteiger partial charge in [-0.25, -0.2) is 9.59 Å². The Morgan fingerprint density at radius 1 is 0.705 bits per heavy atom. The Bertz CT molecular complexity index is 2510. The molecule has 18 nitrogen and oxygen atoms in total. The van der Waals surface area contributed by atoms with Crippen LogP contribution in [0, 0.1) is 0 Å². The van der Waals surface area contributed by atoms with Gasteiger partial charge < -0.3 is 14.6 Å². The van der Waals surface area contributed by atoms with Crippen LogP contribution < -0.4 is 4.90 Å². The van der Waals surface area contributed by atoms with Crippen molar-refractivity contribution in [1.29, 1.82) is 0 Å². The molecule has 4 heterocycles. The fourth-order valence-corrected chi connectivity index (χ4v) is 9.15. The van der Waals surface area contributed by atoms with Crippen LogP contribution in [0.2, 0.25) is 0 Å². The van der Waals surface area contributed by atoms with Gasteiger partial charge in [-0.05, 0) is 75.1 Å². The molecule has 2 fully saturated rings. The first-order valence-corrected chi connectivity index (χ1v) is 22.9. The molecule has 4 aliphatic rings. The number of unbranched alkanes of at least 4 members (excludes halogenated alkanes) is 2. The Balaban J connectivity index is 1.34. The molecule has 0 radical (unpaired) electrons. The van der Waals surface area contributed by atoms with Gasteiger partial charge in [-0.15, -0.1) is 10.1 Å². The van der Waals surface area contributed by atoms with Crippen LogP contribution in [-0.4, -0.2) is 107 Å². The highest BCUT2D eigenvalue weighted by Crippen LogP contribution is 2.48. The lowest BCUT2D eigenvalue weighted by Gasteiger charge is -2.27. The maximum Gasteiger partial charge on any atom is 0.363 e. The molecule has 0 spiro atoms. The number of benzene rings is 2. The summed E-state index contributed by atoms with van der Waals surface area (Å²) in [5.41, 5.74) is 2.96. The van der Waals surface area contributed by atoms with Crippen molar-refractivity contribution < 1.29 is 69.0 Å². The van der Waals surface area contributed by atoms with E-state index in [2.05, 4.69) is 0 Å². The van der Waals surface area contributed by atoms with Gasteiger partial charge in [0, 0.05) is 73.2 Å². The Hall–Kier alpha value is -5.57. The first-order chi connectivity index (χ1) is 28.5. The maximum atomic E-state index is 13.2. The second kappa shape index (κ2) is 17.1. The highest BCUT2D eigenvalue weighted by Gasteiger charge is 2.46. The number of carbonyl (C=O) groups is 6. The third-order valence-corrected chi connectivity index (χ3v) is 12.8. The van der Waals surface area contributed by atoms with E-state index in [1.807, 2.05) is 55.4 Å². The van der Waals surface area contributed by atoms with E-state index in [9.17, 15) is 54.7 Å². The third kappa shape index (κ3) is 9.66. The van der Waals surface area contributed by atoms with E-state index in [0.717, 1.165) is 11.4 Å². The summed E-state index contributed by atoms with van der Waals surface area (Å²) in [6.07, 6.45) is 6.36. The summed E-state index contributed by atoms with van der Waals surface area (Å²) >= 11 is 0. The fourth-order valence-electron chi connectivity index (χ4n) is 8.01. The number of hydrogen-bond donors (Lipinski definition) is 2. The second-order valence-electron chi connectivity index (χ2n) is 16.2. The minimum Gasteiger partial charge on any atom is -0.344 e. The molecular formula is C41H47N4O14S2+. The quantitative estimate of drug-likeness (QED) is 0.104. The van der Waals surface area contributed by atoms with Crippen molar-refractivity contribution in [1.82, 2.24) is 10.1 Å². The number of allylic oxidation sites excluding steroid dienone is 4. The van der Waals surface area contributed by atoms with Crippen molar-refractivity contribution in [3.05, 3.63) is 82.6 Å². The van der Waals surface area contributed by atoms with Gasteiger partial charge in [0.15, 0.2) is 5.71 Å². The maximum absolute atomic E-state index is 13.2. The normalized spacial score (nSPS) is 19.2. The van der Waals surface area contributed by atoms with Gasteiger partial charge >= 0.3 is 11.9 Å². The van der Waals surface area contributed by atoms with E-state index >= 15 is 0 Å². The first kappa shape index (κ1) is 45.0. The monoisotopic (exact) mass is 883 g/mol. The predicted octanol–water partition coefficient (Wildman–Crippen LogP) is 4.08. The molecule has 2 N–H and O–H groups in total. The number of rotatable bonds is 16. The largest absolute Gasteiger partial charge is 0.363 e. The molecule has 2 saturated heterocycles. The zero-order valence-corrected chi connectivity index (χ0v) is 35.7. The number of anilines is 1. The summed E-state index contributed by atoms with van der Waals surface area (Å²) in [7, 11) is -8.40. The molecule has 4 aliphatic heterocycles. The molecule has 2 aromatic rings. The second-order valence-corrected chi connectivity index (χ2v) is 19.4. The zero-order chi connectivity index (χ0) is 44.7. The lowest BCUT2D eigenvalue weighted by molar-refractivity contribution is -0.438. The van der Waals surface area contributed by atoms with Crippen LogP contribution in [0.3, 0.4) is 0 Å². The molecule has 0 bridgehead atoms. The van der Waals surface area contributed by atoms with Crippen molar-refractivity contribution in [3.63, 3.8) is 0 Å². The summed E-state index contributed by atoms with van der Waals surface area (Å²) in [5.74, 6) is -5.14. The average molecular weight is 884 g/mol. The number of carbonyl (C=O) groups excluding carboxylic acids is 6. The number of nitrogens with zero attached hydrogens (tertiary/aromatic N) is 4. The Labute approximate surface area is 352 Å². The fraction of sp³-hybridized carbons (Fsp3) is 0.439. The molecule has 6 rings (SSSR count). The Morgan fingerprint density at radius 2 is 1.20 bits per heavy atom. The molecule has 61 heavy (non-hydrogen) atoms. The van der Waals surface area contributed by atoms with Crippen LogP contribution in [0.5, 0.6) is 0 Å². The van der Waals surface area contributed by atoms with E-state index in [1.165, 1.54) is 12.1 Å². The number of hydroxylamine groups is 4. The molecule has 0 aliphatic carbocycles. The third-order valence-electron chi connectivity index (χ3n) is 11.2. The molecule has 0 atom stereocenters. The van der Waals surface area contributed by atoms with Crippen LogP contribution in [-0.2, 0) is 59.9 Å². The summed E-state index contributed by atoms with van der Waals surface area (Å²) in [5, 5.41) is 0.948. The number of imide groups is 2. The van der Waals surface area contributed by atoms with Gasteiger partial charge in [0.25, 0.3) is 43.9 Å². The first-order valence-electron chi connectivity index (χ1n) is 19.7. The van der Waals surface area contributed by atoms with Crippen LogP contribution in [0.4, 0.5) is 11.4 Å². The van der Waals surface area contributed by atoms with Gasteiger partial charge in [-0.3, -0.25) is 28.3 Å². The van der Waals surface area contributed by atoms with Crippen molar-refractivity contribution >= 4 is 72.9 Å². The van der Waals surface area contributed by atoms with Gasteiger partial charge in [0.1, 0.15) is 6.54 Å². The van der Waals surface area contributed by atoms with Gasteiger partial charge in [-0.1, -0.05) is 19.9 Å². The Kier molecular flexibility index (Phi) is 12.6. The minimum absolute atomic E-state index is 0.0629. The number of amides is 4. The molecule has 0 saturated carbocycles. The van der Waals surface area contributed by atoms with E-state index in [4.69, 9.17) is 9.68 Å². The van der Waals surface area contributed by atoms with E-state index in [1.54, 1.807) is 24.3 Å². The average Bonchev–Trinajstić information content (AvgIpc) is 3.81. The van der Waals surface area contributed by atoms with Gasteiger partial charge in [-0.2, -0.15) is 21.4 Å². The smallest absolute Gasteiger partial charge is 0.344 e. The standard InChI is InChI=1S/C41H46N4O14S2/c1-40(2)28-24-26(38(50)58-44-34(46)16-17-35(44)47)12-14-30(28)42(20-5-7-22-60(52,53)54)32(40)10-9-11-33-41(3,4)29-25-27(39(51)59-45-36(48)18-19-37(45)49)13-15-31(29)43(33)21-6-8-23-61(55,56)57/h9-15,24-25H,5-8,16-23H2,1-4H3,(H-,52,53,54,55,56,57)/p+1. The highest BCUT2D eigenvalue weighted by molar-refractivity contribution is 7.86. The molecular weight excluding hydrogens is 837 g/mol. The van der Waals surface area contributed by atoms with Gasteiger partial charge in [0.05, 0.1) is 28.0 Å². The summed E-state index contributed by atoms with van der Waals surface area (Å²) in [6, 6.07) is 9.65. The van der Waals surface area contributed by atoms with E-state index in [-0.39, 0.29) is 49.7 Å². The lowest BCUT2D eigenvalue weighted by Crippen LogP contribution is -2.32. The summed E-state index contributed by atoms with van der Waals surface area (Å²) < 4.78 is 66.7. The number of hydrogen-bond acceptors (Lipinski definition) is 13. The predicted molar refractivity (Wildman–Crippen MR) is 218 cm³/mol. The van der Waals surface area contributed by atoms with Crippen molar-refractivity contribution in [2.75, 3.05) is 29.5 Å². The van der Waals surface area contributed by atoms with Crippen molar-refractivity contribution in [2.45, 2.75) is 89.9 Å². The SMILES string of the molecule is CC1(C)C(/C=C/C=C2/N(CCCCS(=O)(=O)O)c3ccc(C(=O)ON4C(=O)CCC4=O)cc3C2(C)C)=[N+](CCCCS(=O)(=O)O)c2ccc(C(=O)ON3C(=O)CCC3=O)cc21. The van der Waals surface area contributed by atoms with Crippen LogP contribution in [0.1, 0.15) is 111 Å². The van der Waals surface area contributed by atoms with Crippen LogP contribution in [0.25, 0.3) is 0 Å². The van der Waals surface area contributed by atoms with Crippen LogP contribution >= 0.6 is 0 Å². The Morgan fingerprint density at radius 3 is 1.72 bits per heavy atom. The highest BCUT2D eigenvalue weighted by atomic mass is 32.2. The minimum atomic E-state index is -4.20. The molecule has 2 aromatic carbocycles. The van der Waals surface area contributed by atoms with E-state index in [0.29, 0.717) is 58.6 Å². The van der Waals surface area contributed by atoms with Crippen molar-refractivity contribution in [3.8, 4) is 0 Å². The molecule has 0 aromatic heterocycles. The molecule has 20 heteroatoms. The molecule has 326 valence electrons. The molecule has 0 unspecified atom stereocenters. The molecule has 4 amide bonds. The number of fused-ring (bicyclic) bond motifs is 2. The van der Waals surface area contributed by atoms with E-state index < -0.39 is 78.1 Å². The zero-order valence-electron chi connectivity index (χ0n) is 34.1. The van der Waals surface area contributed by atoms with Crippen molar-refractivity contribution in [2.24, 2.45) is 0 Å². The van der Waals surface area contributed by atoms with Gasteiger partial charge in [0.2, 0.25) is 5.69 Å². The van der Waals surface area contributed by atoms with Crippen LogP contribution in [0.15, 0.2) is 60.3 Å². The lowest BCUT2D eigenvalue weighted by atomic mass is 9.80. The topological polar surface area (TPSA) is 242 Å².